The Morgan fingerprint density at radius 2 is 2.20 bits per heavy atom. The summed E-state index contributed by atoms with van der Waals surface area (Å²) in [6.45, 7) is 0. The Morgan fingerprint density at radius 1 is 1.50 bits per heavy atom. The SMILES string of the molecule is FB(F)c1cccnc1Cl. The largest absolute Gasteiger partial charge is 0.575 e. The van der Waals surface area contributed by atoms with E-state index in [1.165, 1.54) is 18.3 Å². The number of rotatable bonds is 1. The summed E-state index contributed by atoms with van der Waals surface area (Å²) < 4.78 is 23.8. The van der Waals surface area contributed by atoms with Crippen LogP contribution in [-0.4, -0.2) is 12.3 Å². The van der Waals surface area contributed by atoms with Crippen LogP contribution in [0.25, 0.3) is 0 Å². The molecule has 0 aromatic carbocycles. The summed E-state index contributed by atoms with van der Waals surface area (Å²) in [7, 11) is -2.54. The second-order valence-corrected chi connectivity index (χ2v) is 2.04. The predicted octanol–water partition coefficient (Wildman–Crippen LogP) is 1.37. The Bertz CT molecular complexity index is 231. The third-order valence-corrected chi connectivity index (χ3v) is 1.34. The molecule has 0 unspecified atom stereocenters. The van der Waals surface area contributed by atoms with Crippen molar-refractivity contribution in [1.82, 2.24) is 4.98 Å². The molecule has 1 rings (SSSR count). The smallest absolute Gasteiger partial charge is 0.281 e. The summed E-state index contributed by atoms with van der Waals surface area (Å²) in [6, 6.07) is 2.67. The van der Waals surface area contributed by atoms with Crippen LogP contribution < -0.4 is 5.46 Å². The van der Waals surface area contributed by atoms with Crippen LogP contribution >= 0.6 is 11.6 Å². The Balaban J connectivity index is 3.03. The maximum absolute atomic E-state index is 11.9. The van der Waals surface area contributed by atoms with E-state index < -0.39 is 7.27 Å². The van der Waals surface area contributed by atoms with Crippen LogP contribution in [0.1, 0.15) is 0 Å². The standard InChI is InChI=1S/C5H3BClF2N/c7-5-4(6(8)9)2-1-3-10-5/h1-3H. The molecule has 52 valence electrons. The maximum atomic E-state index is 11.9. The van der Waals surface area contributed by atoms with Gasteiger partial charge in [0, 0.05) is 11.7 Å². The second-order valence-electron chi connectivity index (χ2n) is 1.68. The summed E-state index contributed by atoms with van der Waals surface area (Å²) in [4.78, 5) is 3.49. The van der Waals surface area contributed by atoms with E-state index in [9.17, 15) is 8.63 Å². The number of hydrogen-bond acceptors (Lipinski definition) is 1. The van der Waals surface area contributed by atoms with Gasteiger partial charge in [0.05, 0.1) is 0 Å². The van der Waals surface area contributed by atoms with Crippen molar-refractivity contribution in [2.75, 3.05) is 0 Å². The van der Waals surface area contributed by atoms with Gasteiger partial charge in [-0.1, -0.05) is 17.7 Å². The highest BCUT2D eigenvalue weighted by atomic mass is 35.5. The van der Waals surface area contributed by atoms with E-state index in [1.54, 1.807) is 0 Å². The van der Waals surface area contributed by atoms with Crippen molar-refractivity contribution >= 4 is 24.3 Å². The summed E-state index contributed by atoms with van der Waals surface area (Å²) in [5.41, 5.74) is -0.218. The number of halogens is 3. The first-order chi connectivity index (χ1) is 4.72. The van der Waals surface area contributed by atoms with Gasteiger partial charge in [0.15, 0.2) is 0 Å². The molecule has 10 heavy (non-hydrogen) atoms. The minimum Gasteiger partial charge on any atom is -0.281 e. The average molecular weight is 161 g/mol. The lowest BCUT2D eigenvalue weighted by Crippen LogP contribution is -2.21. The molecule has 1 heterocycles. The first kappa shape index (κ1) is 7.47. The molecule has 0 amide bonds. The van der Waals surface area contributed by atoms with Gasteiger partial charge in [-0.2, -0.15) is 0 Å². The molecule has 0 aliphatic carbocycles. The molecule has 1 aromatic rings. The zero-order valence-corrected chi connectivity index (χ0v) is 5.65. The molecule has 0 aliphatic rings. The maximum Gasteiger partial charge on any atom is 0.575 e. The average Bonchev–Trinajstić information content (AvgIpc) is 1.88. The van der Waals surface area contributed by atoms with Crippen LogP contribution in [0.5, 0.6) is 0 Å². The van der Waals surface area contributed by atoms with Crippen molar-refractivity contribution in [1.29, 1.82) is 0 Å². The van der Waals surface area contributed by atoms with Crippen molar-refractivity contribution < 1.29 is 8.63 Å². The fraction of sp³-hybridized carbons (Fsp3) is 0. The molecule has 0 N–H and O–H groups in total. The zero-order valence-electron chi connectivity index (χ0n) is 4.89. The normalized spacial score (nSPS) is 9.50. The van der Waals surface area contributed by atoms with Crippen molar-refractivity contribution in [3.05, 3.63) is 23.5 Å². The van der Waals surface area contributed by atoms with E-state index in [0.717, 1.165) is 0 Å². The van der Waals surface area contributed by atoms with Crippen LogP contribution in [0.15, 0.2) is 18.3 Å². The lowest BCUT2D eigenvalue weighted by molar-refractivity contribution is 0.684. The van der Waals surface area contributed by atoms with Gasteiger partial charge in [-0.05, 0) is 6.07 Å². The highest BCUT2D eigenvalue weighted by molar-refractivity contribution is 6.63. The van der Waals surface area contributed by atoms with Crippen LogP contribution in [0.4, 0.5) is 8.63 Å². The number of hydrogen-bond donors (Lipinski definition) is 0. The first-order valence-electron chi connectivity index (χ1n) is 2.60. The van der Waals surface area contributed by atoms with E-state index >= 15 is 0 Å². The molecule has 0 aliphatic heterocycles. The van der Waals surface area contributed by atoms with Crippen molar-refractivity contribution in [2.45, 2.75) is 0 Å². The third-order valence-electron chi connectivity index (χ3n) is 1.02. The fourth-order valence-corrected chi connectivity index (χ4v) is 0.763. The monoisotopic (exact) mass is 161 g/mol. The Morgan fingerprint density at radius 3 is 2.60 bits per heavy atom. The zero-order chi connectivity index (χ0) is 7.56. The molecular formula is C5H3BClF2N. The summed E-state index contributed by atoms with van der Waals surface area (Å²) in [5, 5.41) is -0.127. The molecule has 0 bridgehead atoms. The fourth-order valence-electron chi connectivity index (χ4n) is 0.561. The lowest BCUT2D eigenvalue weighted by atomic mass is 9.88. The van der Waals surface area contributed by atoms with Crippen LogP contribution in [0.2, 0.25) is 5.15 Å². The lowest BCUT2D eigenvalue weighted by Gasteiger charge is -1.95. The third kappa shape index (κ3) is 1.45. The Kier molecular flexibility index (Phi) is 2.22. The second kappa shape index (κ2) is 2.97. The van der Waals surface area contributed by atoms with Crippen molar-refractivity contribution in [3.63, 3.8) is 0 Å². The quantitative estimate of drug-likeness (QED) is 0.448. The molecule has 0 fully saturated rings. The highest BCUT2D eigenvalue weighted by Crippen LogP contribution is 2.01. The molecule has 1 nitrogen and oxygen atoms in total. The van der Waals surface area contributed by atoms with Gasteiger partial charge < -0.3 is 0 Å². The molecule has 0 saturated carbocycles. The molecule has 1 aromatic heterocycles. The first-order valence-corrected chi connectivity index (χ1v) is 2.98. The van der Waals surface area contributed by atoms with Crippen molar-refractivity contribution in [3.8, 4) is 0 Å². The topological polar surface area (TPSA) is 12.9 Å². The van der Waals surface area contributed by atoms with E-state index in [4.69, 9.17) is 11.6 Å². The molecular weight excluding hydrogens is 158 g/mol. The van der Waals surface area contributed by atoms with Crippen LogP contribution in [0, 0.1) is 0 Å². The van der Waals surface area contributed by atoms with Gasteiger partial charge in [-0.3, -0.25) is 8.63 Å². The van der Waals surface area contributed by atoms with E-state index in [1.807, 2.05) is 0 Å². The summed E-state index contributed by atoms with van der Waals surface area (Å²) >= 11 is 5.33. The van der Waals surface area contributed by atoms with Gasteiger partial charge in [0.2, 0.25) is 0 Å². The molecule has 5 heteroatoms. The number of nitrogens with zero attached hydrogens (tertiary/aromatic N) is 1. The van der Waals surface area contributed by atoms with Crippen molar-refractivity contribution in [2.24, 2.45) is 0 Å². The molecule has 0 saturated heterocycles. The van der Waals surface area contributed by atoms with Gasteiger partial charge in [0.1, 0.15) is 5.15 Å². The van der Waals surface area contributed by atoms with Gasteiger partial charge in [-0.25, -0.2) is 4.98 Å². The highest BCUT2D eigenvalue weighted by Gasteiger charge is 2.19. The van der Waals surface area contributed by atoms with E-state index in [2.05, 4.69) is 4.98 Å². The van der Waals surface area contributed by atoms with Gasteiger partial charge in [-0.15, -0.1) is 0 Å². The minimum absolute atomic E-state index is 0.127. The summed E-state index contributed by atoms with van der Waals surface area (Å²) in [5.74, 6) is 0. The Labute approximate surface area is 62.2 Å². The van der Waals surface area contributed by atoms with E-state index in [0.29, 0.717) is 0 Å². The van der Waals surface area contributed by atoms with Gasteiger partial charge >= 0.3 is 7.27 Å². The molecule has 0 atom stereocenters. The minimum atomic E-state index is -2.54. The van der Waals surface area contributed by atoms with Crippen LogP contribution in [-0.2, 0) is 0 Å². The Hall–Kier alpha value is -0.635. The number of aromatic nitrogens is 1. The predicted molar refractivity (Wildman–Crippen MR) is 36.9 cm³/mol. The van der Waals surface area contributed by atoms with E-state index in [-0.39, 0.29) is 10.6 Å². The molecule has 0 spiro atoms. The number of pyridine rings is 1. The van der Waals surface area contributed by atoms with Gasteiger partial charge in [0.25, 0.3) is 0 Å². The summed E-state index contributed by atoms with van der Waals surface area (Å²) in [6.07, 6.45) is 1.37. The van der Waals surface area contributed by atoms with Crippen LogP contribution in [0.3, 0.4) is 0 Å². The molecule has 0 radical (unpaired) electrons.